The SMILES string of the molecule is CCN(CC)C(C)(C1=[C]([V])CC=C1)c1ccccc1.Cl.Cl.Cl. The number of hydrogen-bond donors (Lipinski definition) is 0. The van der Waals surface area contributed by atoms with Gasteiger partial charge in [0, 0.05) is 0 Å². The van der Waals surface area contributed by atoms with E-state index in [4.69, 9.17) is 0 Å². The van der Waals surface area contributed by atoms with Crippen molar-refractivity contribution >= 4 is 37.2 Å². The van der Waals surface area contributed by atoms with E-state index in [1.807, 2.05) is 0 Å². The first-order chi connectivity index (χ1) is 9.14. The second-order valence-corrected chi connectivity index (χ2v) is 5.92. The van der Waals surface area contributed by atoms with Crippen LogP contribution in [0.1, 0.15) is 32.8 Å². The molecule has 0 amide bonds. The van der Waals surface area contributed by atoms with Crippen LogP contribution >= 0.6 is 37.2 Å². The van der Waals surface area contributed by atoms with Crippen LogP contribution in [0.3, 0.4) is 0 Å². The molecule has 124 valence electrons. The van der Waals surface area contributed by atoms with Crippen molar-refractivity contribution in [2.24, 2.45) is 0 Å². The maximum Gasteiger partial charge on any atom is -0.147 e. The van der Waals surface area contributed by atoms with Gasteiger partial charge in [-0.15, -0.1) is 37.2 Å². The van der Waals surface area contributed by atoms with Crippen molar-refractivity contribution in [3.63, 3.8) is 0 Å². The van der Waals surface area contributed by atoms with E-state index < -0.39 is 0 Å². The quantitative estimate of drug-likeness (QED) is 0.651. The smallest absolute Gasteiger partial charge is 0.147 e. The van der Waals surface area contributed by atoms with E-state index in [0.29, 0.717) is 0 Å². The average Bonchev–Trinajstić information content (AvgIpc) is 2.87. The number of halogens is 3. The van der Waals surface area contributed by atoms with Gasteiger partial charge < -0.3 is 0 Å². The molecule has 0 saturated heterocycles. The van der Waals surface area contributed by atoms with Crippen LogP contribution in [0.2, 0.25) is 0 Å². The van der Waals surface area contributed by atoms with Crippen molar-refractivity contribution < 1.29 is 17.4 Å². The van der Waals surface area contributed by atoms with Crippen LogP contribution in [0.15, 0.2) is 52.3 Å². The molecule has 0 aliphatic heterocycles. The normalized spacial score (nSPS) is 15.6. The van der Waals surface area contributed by atoms with Gasteiger partial charge in [-0.1, -0.05) is 0 Å². The molecule has 1 nitrogen and oxygen atoms in total. The van der Waals surface area contributed by atoms with Crippen LogP contribution in [-0.2, 0) is 23.0 Å². The van der Waals surface area contributed by atoms with Gasteiger partial charge in [0.05, 0.1) is 0 Å². The number of hydrogen-bond acceptors (Lipinski definition) is 1. The van der Waals surface area contributed by atoms with E-state index in [1.165, 1.54) is 15.4 Å². The van der Waals surface area contributed by atoms with Gasteiger partial charge >= 0.3 is 126 Å². The van der Waals surface area contributed by atoms with Gasteiger partial charge in [-0.25, -0.2) is 0 Å². The third kappa shape index (κ3) is 4.57. The van der Waals surface area contributed by atoms with Gasteiger partial charge in [-0.05, 0) is 0 Å². The summed E-state index contributed by atoms with van der Waals surface area (Å²) in [6.45, 7) is 8.95. The third-order valence-corrected chi connectivity index (χ3v) is 4.82. The number of nitrogens with zero attached hydrogens (tertiary/aromatic N) is 1. The fourth-order valence-electron chi connectivity index (χ4n) is 3.06. The molecule has 1 aromatic rings. The Balaban J connectivity index is 0. The summed E-state index contributed by atoms with van der Waals surface area (Å²) in [7, 11) is 0. The summed E-state index contributed by atoms with van der Waals surface area (Å²) in [6.07, 6.45) is 5.64. The van der Waals surface area contributed by atoms with Gasteiger partial charge in [-0.2, -0.15) is 0 Å². The van der Waals surface area contributed by atoms with Crippen molar-refractivity contribution in [2.75, 3.05) is 13.1 Å². The zero-order chi connectivity index (χ0) is 13.9. The summed E-state index contributed by atoms with van der Waals surface area (Å²) in [6, 6.07) is 10.9. The second kappa shape index (κ2) is 10.8. The van der Waals surface area contributed by atoms with E-state index in [1.54, 1.807) is 0 Å². The average molecular weight is 401 g/mol. The molecule has 0 saturated carbocycles. The molecule has 0 heterocycles. The summed E-state index contributed by atoms with van der Waals surface area (Å²) in [5.41, 5.74) is 2.80. The molecule has 2 rings (SSSR count). The Morgan fingerprint density at radius 1 is 1.05 bits per heavy atom. The predicted octanol–water partition coefficient (Wildman–Crippen LogP) is 5.27. The monoisotopic (exact) mass is 399 g/mol. The number of likely N-dealkylation sites (N-methyl/N-ethyl adjacent to an activating group) is 1. The topological polar surface area (TPSA) is 3.24 Å². The molecule has 1 unspecified atom stereocenters. The molecular formula is C17H25Cl3NV. The van der Waals surface area contributed by atoms with Crippen molar-refractivity contribution in [1.82, 2.24) is 4.90 Å². The molecule has 1 aliphatic carbocycles. The van der Waals surface area contributed by atoms with Crippen molar-refractivity contribution in [3.05, 3.63) is 57.9 Å². The molecule has 1 aliphatic rings. The van der Waals surface area contributed by atoms with Gasteiger partial charge in [0.2, 0.25) is 0 Å². The molecule has 0 bridgehead atoms. The Morgan fingerprint density at radius 3 is 2.00 bits per heavy atom. The van der Waals surface area contributed by atoms with Crippen LogP contribution in [0.5, 0.6) is 0 Å². The van der Waals surface area contributed by atoms with E-state index in [-0.39, 0.29) is 42.8 Å². The molecule has 1 aromatic carbocycles. The summed E-state index contributed by atoms with van der Waals surface area (Å²) in [5, 5.41) is 0. The first-order valence-electron chi connectivity index (χ1n) is 7.04. The minimum absolute atomic E-state index is 0. The summed E-state index contributed by atoms with van der Waals surface area (Å²) >= 11 is 2.76. The minimum atomic E-state index is -0.0277. The van der Waals surface area contributed by atoms with Crippen LogP contribution in [0, 0.1) is 0 Å². The fraction of sp³-hybridized carbons (Fsp3) is 0.412. The molecule has 0 N–H and O–H groups in total. The fourth-order valence-corrected chi connectivity index (χ4v) is 3.69. The molecule has 0 aromatic heterocycles. The van der Waals surface area contributed by atoms with E-state index in [9.17, 15) is 0 Å². The van der Waals surface area contributed by atoms with Crippen molar-refractivity contribution in [3.8, 4) is 0 Å². The molecular weight excluding hydrogens is 375 g/mol. The van der Waals surface area contributed by atoms with E-state index in [2.05, 4.69) is 85.6 Å². The predicted molar refractivity (Wildman–Crippen MR) is 99.2 cm³/mol. The summed E-state index contributed by atoms with van der Waals surface area (Å²) < 4.78 is 1.44. The Hall–Kier alpha value is 0.114. The molecule has 1 atom stereocenters. The molecule has 0 spiro atoms. The second-order valence-electron chi connectivity index (χ2n) is 5.08. The van der Waals surface area contributed by atoms with E-state index in [0.717, 1.165) is 19.5 Å². The van der Waals surface area contributed by atoms with Crippen LogP contribution in [0.4, 0.5) is 0 Å². The Labute approximate surface area is 162 Å². The number of allylic oxidation sites excluding steroid dienone is 2. The molecule has 5 heteroatoms. The van der Waals surface area contributed by atoms with Crippen LogP contribution in [-0.4, -0.2) is 18.0 Å². The molecule has 22 heavy (non-hydrogen) atoms. The number of rotatable bonds is 5. The summed E-state index contributed by atoms with van der Waals surface area (Å²) in [5.74, 6) is 0. The molecule has 0 radical (unpaired) electrons. The van der Waals surface area contributed by atoms with Crippen molar-refractivity contribution in [2.45, 2.75) is 32.7 Å². The Kier molecular flexibility index (Phi) is 12.0. The Bertz CT molecular complexity index is 498. The van der Waals surface area contributed by atoms with Crippen LogP contribution < -0.4 is 0 Å². The maximum atomic E-state index is 2.76. The zero-order valence-electron chi connectivity index (χ0n) is 13.3. The van der Waals surface area contributed by atoms with E-state index >= 15 is 0 Å². The van der Waals surface area contributed by atoms with Gasteiger partial charge in [0.25, 0.3) is 0 Å². The maximum absolute atomic E-state index is 2.76. The largest absolute Gasteiger partial charge is 0.147 e. The van der Waals surface area contributed by atoms with Gasteiger partial charge in [0.1, 0.15) is 0 Å². The van der Waals surface area contributed by atoms with Gasteiger partial charge in [0.15, 0.2) is 0 Å². The van der Waals surface area contributed by atoms with Crippen LogP contribution in [0.25, 0.3) is 0 Å². The Morgan fingerprint density at radius 2 is 1.59 bits per heavy atom. The first-order valence-corrected chi connectivity index (χ1v) is 7.74. The number of benzene rings is 1. The minimum Gasteiger partial charge on any atom is -0.147 e. The first kappa shape index (κ1) is 24.4. The molecule has 0 fully saturated rings. The third-order valence-electron chi connectivity index (χ3n) is 4.16. The van der Waals surface area contributed by atoms with Crippen molar-refractivity contribution in [1.29, 1.82) is 0 Å². The van der Waals surface area contributed by atoms with Gasteiger partial charge in [-0.3, -0.25) is 0 Å². The standard InChI is InChI=1S/C17H22N.3ClH.V/c1-4-18(5-2)17(3,16-13-9-10-14-16)15-11-7-6-8-12-15;;;;/h6-9,11-13H,4-5,10H2,1-3H3;3*1H;. The summed E-state index contributed by atoms with van der Waals surface area (Å²) in [4.78, 5) is 2.54. The zero-order valence-corrected chi connectivity index (χ0v) is 17.1.